The third kappa shape index (κ3) is 6.06. The summed E-state index contributed by atoms with van der Waals surface area (Å²) in [7, 11) is -3.10. The van der Waals surface area contributed by atoms with Crippen LogP contribution in [0.25, 0.3) is 0 Å². The summed E-state index contributed by atoms with van der Waals surface area (Å²) in [6.45, 7) is 1.61. The number of rotatable bonds is 7. The minimum atomic E-state index is -3.10. The van der Waals surface area contributed by atoms with E-state index in [0.717, 1.165) is 6.26 Å². The first-order valence-electron chi connectivity index (χ1n) is 5.15. The van der Waals surface area contributed by atoms with E-state index in [0.29, 0.717) is 37.6 Å². The van der Waals surface area contributed by atoms with Crippen LogP contribution in [-0.4, -0.2) is 27.8 Å². The maximum absolute atomic E-state index is 10.7. The van der Waals surface area contributed by atoms with Crippen LogP contribution >= 0.6 is 0 Å². The van der Waals surface area contributed by atoms with E-state index < -0.39 is 10.0 Å². The van der Waals surface area contributed by atoms with Crippen LogP contribution in [0, 0.1) is 11.3 Å². The Labute approximate surface area is 101 Å². The highest BCUT2D eigenvalue weighted by molar-refractivity contribution is 7.88. The van der Waals surface area contributed by atoms with Crippen molar-refractivity contribution in [1.29, 1.82) is 5.26 Å². The second-order valence-electron chi connectivity index (χ2n) is 3.57. The van der Waals surface area contributed by atoms with Gasteiger partial charge in [0.05, 0.1) is 12.8 Å². The molecule has 94 valence electrons. The van der Waals surface area contributed by atoms with E-state index in [1.54, 1.807) is 12.1 Å². The van der Waals surface area contributed by atoms with Gasteiger partial charge in [-0.3, -0.25) is 0 Å². The number of hydrogen-bond donors (Lipinski definition) is 2. The molecule has 0 saturated heterocycles. The summed E-state index contributed by atoms with van der Waals surface area (Å²) in [6, 6.07) is 5.25. The molecule has 1 rings (SSSR count). The largest absolute Gasteiger partial charge is 0.449 e. The Morgan fingerprint density at radius 1 is 1.41 bits per heavy atom. The van der Waals surface area contributed by atoms with E-state index in [4.69, 9.17) is 9.68 Å². The summed E-state index contributed by atoms with van der Waals surface area (Å²) in [4.78, 5) is 0. The molecule has 0 spiro atoms. The molecule has 0 atom stereocenters. The fraction of sp³-hybridized carbons (Fsp3) is 0.500. The predicted molar refractivity (Wildman–Crippen MR) is 62.6 cm³/mol. The van der Waals surface area contributed by atoms with Gasteiger partial charge in [0, 0.05) is 6.54 Å². The lowest BCUT2D eigenvalue weighted by molar-refractivity contribution is 0.472. The van der Waals surface area contributed by atoms with Gasteiger partial charge in [0.15, 0.2) is 0 Å². The maximum atomic E-state index is 10.7. The summed E-state index contributed by atoms with van der Waals surface area (Å²) in [5, 5.41) is 11.6. The quantitative estimate of drug-likeness (QED) is 0.679. The van der Waals surface area contributed by atoms with Gasteiger partial charge in [-0.2, -0.15) is 5.26 Å². The second-order valence-corrected chi connectivity index (χ2v) is 5.41. The fourth-order valence-electron chi connectivity index (χ4n) is 1.22. The van der Waals surface area contributed by atoms with Crippen LogP contribution in [0.15, 0.2) is 16.5 Å². The summed E-state index contributed by atoms with van der Waals surface area (Å²) in [6.07, 6.45) is 1.82. The van der Waals surface area contributed by atoms with E-state index in [1.165, 1.54) is 0 Å². The highest BCUT2D eigenvalue weighted by atomic mass is 32.2. The first kappa shape index (κ1) is 13.7. The lowest BCUT2D eigenvalue weighted by Gasteiger charge is -2.03. The average molecular weight is 257 g/mol. The van der Waals surface area contributed by atoms with Crippen molar-refractivity contribution in [2.24, 2.45) is 0 Å². The van der Waals surface area contributed by atoms with Crippen LogP contribution in [0.2, 0.25) is 0 Å². The molecule has 17 heavy (non-hydrogen) atoms. The number of nitrogens with zero attached hydrogens (tertiary/aromatic N) is 1. The molecular weight excluding hydrogens is 242 g/mol. The van der Waals surface area contributed by atoms with Gasteiger partial charge in [-0.25, -0.2) is 13.1 Å². The summed E-state index contributed by atoms with van der Waals surface area (Å²) >= 11 is 0. The Hall–Kier alpha value is -1.36. The third-order valence-corrected chi connectivity index (χ3v) is 2.69. The smallest absolute Gasteiger partial charge is 0.208 e. The number of sulfonamides is 1. The zero-order valence-electron chi connectivity index (χ0n) is 9.56. The Morgan fingerprint density at radius 3 is 2.76 bits per heavy atom. The van der Waals surface area contributed by atoms with Gasteiger partial charge in [0.1, 0.15) is 11.8 Å². The molecule has 0 unspecified atom stereocenters. The number of nitriles is 1. The standard InChI is InChI=1S/C10H15N3O3S/c1-17(14,15)13-6-2-5-12-8-10-4-3-9(7-11)16-10/h3-4,12-13H,2,5-6,8H2,1H3. The van der Waals surface area contributed by atoms with Crippen molar-refractivity contribution in [3.05, 3.63) is 23.7 Å². The van der Waals surface area contributed by atoms with Crippen molar-refractivity contribution in [1.82, 2.24) is 10.0 Å². The molecule has 1 aromatic rings. The van der Waals surface area contributed by atoms with Gasteiger partial charge in [-0.1, -0.05) is 0 Å². The Morgan fingerprint density at radius 2 is 2.18 bits per heavy atom. The number of furan rings is 1. The molecule has 0 saturated carbocycles. The summed E-state index contributed by atoms with van der Waals surface area (Å²) in [5.41, 5.74) is 0. The monoisotopic (exact) mass is 257 g/mol. The molecule has 0 aliphatic rings. The van der Waals surface area contributed by atoms with Gasteiger partial charge < -0.3 is 9.73 Å². The minimum absolute atomic E-state index is 0.292. The molecule has 6 nitrogen and oxygen atoms in total. The highest BCUT2D eigenvalue weighted by Gasteiger charge is 2.01. The van der Waals surface area contributed by atoms with Crippen molar-refractivity contribution in [3.8, 4) is 6.07 Å². The van der Waals surface area contributed by atoms with Crippen LogP contribution in [0.5, 0.6) is 0 Å². The van der Waals surface area contributed by atoms with E-state index in [1.807, 2.05) is 6.07 Å². The number of nitrogens with one attached hydrogen (secondary N) is 2. The van der Waals surface area contributed by atoms with Gasteiger partial charge in [0.25, 0.3) is 0 Å². The van der Waals surface area contributed by atoms with Crippen molar-refractivity contribution in [3.63, 3.8) is 0 Å². The molecule has 1 aromatic heterocycles. The molecule has 0 fully saturated rings. The SMILES string of the molecule is CS(=O)(=O)NCCCNCc1ccc(C#N)o1. The van der Waals surface area contributed by atoms with Crippen LogP contribution in [-0.2, 0) is 16.6 Å². The first-order valence-corrected chi connectivity index (χ1v) is 7.04. The third-order valence-electron chi connectivity index (χ3n) is 1.97. The molecule has 0 radical (unpaired) electrons. The van der Waals surface area contributed by atoms with Crippen molar-refractivity contribution in [2.45, 2.75) is 13.0 Å². The van der Waals surface area contributed by atoms with Crippen LogP contribution in [0.1, 0.15) is 17.9 Å². The molecule has 7 heteroatoms. The predicted octanol–water partition coefficient (Wildman–Crippen LogP) is 0.180. The van der Waals surface area contributed by atoms with E-state index in [-0.39, 0.29) is 0 Å². The summed E-state index contributed by atoms with van der Waals surface area (Å²) in [5.74, 6) is 0.984. The Balaban J connectivity index is 2.11. The molecule has 1 heterocycles. The Kier molecular flexibility index (Phi) is 5.15. The van der Waals surface area contributed by atoms with Crippen molar-refractivity contribution >= 4 is 10.0 Å². The molecule has 0 aromatic carbocycles. The summed E-state index contributed by atoms with van der Waals surface area (Å²) < 4.78 is 29.0. The van der Waals surface area contributed by atoms with Gasteiger partial charge in [0.2, 0.25) is 15.8 Å². The lowest BCUT2D eigenvalue weighted by Crippen LogP contribution is -2.26. The minimum Gasteiger partial charge on any atom is -0.449 e. The molecule has 0 aliphatic carbocycles. The average Bonchev–Trinajstić information content (AvgIpc) is 2.69. The van der Waals surface area contributed by atoms with Crippen LogP contribution < -0.4 is 10.0 Å². The van der Waals surface area contributed by atoms with Crippen molar-refractivity contribution in [2.75, 3.05) is 19.3 Å². The van der Waals surface area contributed by atoms with Gasteiger partial charge in [-0.05, 0) is 25.1 Å². The normalized spacial score (nSPS) is 11.3. The van der Waals surface area contributed by atoms with E-state index >= 15 is 0 Å². The first-order chi connectivity index (χ1) is 8.01. The fourth-order valence-corrected chi connectivity index (χ4v) is 1.73. The number of hydrogen-bond acceptors (Lipinski definition) is 5. The zero-order chi connectivity index (χ0) is 12.7. The van der Waals surface area contributed by atoms with Gasteiger partial charge in [-0.15, -0.1) is 0 Å². The molecular formula is C10H15N3O3S. The van der Waals surface area contributed by atoms with E-state index in [2.05, 4.69) is 10.0 Å². The molecule has 0 bridgehead atoms. The van der Waals surface area contributed by atoms with Crippen LogP contribution in [0.4, 0.5) is 0 Å². The zero-order valence-corrected chi connectivity index (χ0v) is 10.4. The Bertz CT molecular complexity index is 487. The van der Waals surface area contributed by atoms with Crippen molar-refractivity contribution < 1.29 is 12.8 Å². The lowest BCUT2D eigenvalue weighted by atomic mass is 10.4. The maximum Gasteiger partial charge on any atom is 0.208 e. The van der Waals surface area contributed by atoms with Gasteiger partial charge >= 0.3 is 0 Å². The molecule has 0 amide bonds. The topological polar surface area (TPSA) is 95.1 Å². The molecule has 0 aliphatic heterocycles. The highest BCUT2D eigenvalue weighted by Crippen LogP contribution is 2.05. The molecule has 2 N–H and O–H groups in total. The van der Waals surface area contributed by atoms with E-state index in [9.17, 15) is 8.42 Å². The second kappa shape index (κ2) is 6.39. The van der Waals surface area contributed by atoms with Crippen LogP contribution in [0.3, 0.4) is 0 Å².